The van der Waals surface area contributed by atoms with Crippen molar-refractivity contribution in [1.29, 1.82) is 5.26 Å². The van der Waals surface area contributed by atoms with Gasteiger partial charge in [-0.05, 0) is 56.4 Å². The number of halogens is 1. The van der Waals surface area contributed by atoms with E-state index in [2.05, 4.69) is 11.4 Å². The molecule has 0 radical (unpaired) electrons. The van der Waals surface area contributed by atoms with E-state index in [-0.39, 0.29) is 11.9 Å². The molecule has 1 atom stereocenters. The SMILES string of the molecule is C[C@@H](C(=O)Nc1cccc(C#N)c1)N(C)CCOc1ccc(Cl)cc1. The van der Waals surface area contributed by atoms with Crippen molar-refractivity contribution in [3.63, 3.8) is 0 Å². The molecule has 0 saturated carbocycles. The minimum absolute atomic E-state index is 0.135. The van der Waals surface area contributed by atoms with Crippen LogP contribution in [0.2, 0.25) is 5.02 Å². The third-order valence-electron chi connectivity index (χ3n) is 3.83. The quantitative estimate of drug-likeness (QED) is 0.823. The first-order valence-electron chi connectivity index (χ1n) is 7.89. The number of amides is 1. The molecule has 2 aromatic rings. The second kappa shape index (κ2) is 9.07. The van der Waals surface area contributed by atoms with Crippen molar-refractivity contribution in [2.45, 2.75) is 13.0 Å². The van der Waals surface area contributed by atoms with Gasteiger partial charge in [0.25, 0.3) is 0 Å². The van der Waals surface area contributed by atoms with Crippen molar-refractivity contribution in [2.24, 2.45) is 0 Å². The van der Waals surface area contributed by atoms with Crippen molar-refractivity contribution < 1.29 is 9.53 Å². The number of carbonyl (C=O) groups is 1. The monoisotopic (exact) mass is 357 g/mol. The summed E-state index contributed by atoms with van der Waals surface area (Å²) in [6.45, 7) is 2.88. The van der Waals surface area contributed by atoms with Crippen LogP contribution in [0.15, 0.2) is 48.5 Å². The summed E-state index contributed by atoms with van der Waals surface area (Å²) >= 11 is 5.83. The molecule has 6 heteroatoms. The average Bonchev–Trinajstić information content (AvgIpc) is 2.62. The number of carbonyl (C=O) groups excluding carboxylic acids is 1. The molecule has 2 rings (SSSR count). The number of ether oxygens (including phenoxy) is 1. The van der Waals surface area contributed by atoms with Crippen LogP contribution in [0.3, 0.4) is 0 Å². The molecule has 0 heterocycles. The second-order valence-electron chi connectivity index (χ2n) is 5.64. The van der Waals surface area contributed by atoms with Crippen LogP contribution in [-0.4, -0.2) is 37.0 Å². The Labute approximate surface area is 152 Å². The fourth-order valence-corrected chi connectivity index (χ4v) is 2.27. The van der Waals surface area contributed by atoms with E-state index in [0.717, 1.165) is 5.75 Å². The molecule has 0 aliphatic carbocycles. The maximum absolute atomic E-state index is 12.3. The number of nitriles is 1. The maximum atomic E-state index is 12.3. The predicted molar refractivity (Wildman–Crippen MR) is 98.8 cm³/mol. The molecule has 0 fully saturated rings. The highest BCUT2D eigenvalue weighted by atomic mass is 35.5. The normalized spacial score (nSPS) is 11.6. The first kappa shape index (κ1) is 18.8. The largest absolute Gasteiger partial charge is 0.492 e. The van der Waals surface area contributed by atoms with Gasteiger partial charge in [0.15, 0.2) is 0 Å². The van der Waals surface area contributed by atoms with E-state index < -0.39 is 0 Å². The van der Waals surface area contributed by atoms with E-state index in [1.807, 2.05) is 18.9 Å². The predicted octanol–water partition coefficient (Wildman–Crippen LogP) is 3.55. The number of hydrogen-bond donors (Lipinski definition) is 1. The van der Waals surface area contributed by atoms with Gasteiger partial charge in [-0.1, -0.05) is 17.7 Å². The Kier molecular flexibility index (Phi) is 6.81. The molecule has 0 bridgehead atoms. The van der Waals surface area contributed by atoms with Crippen LogP contribution in [0.4, 0.5) is 5.69 Å². The van der Waals surface area contributed by atoms with E-state index in [9.17, 15) is 4.79 Å². The third-order valence-corrected chi connectivity index (χ3v) is 4.08. The van der Waals surface area contributed by atoms with Gasteiger partial charge in [-0.25, -0.2) is 0 Å². The van der Waals surface area contributed by atoms with Crippen molar-refractivity contribution in [3.05, 3.63) is 59.1 Å². The Bertz CT molecular complexity index is 756. The first-order chi connectivity index (χ1) is 12.0. The summed E-state index contributed by atoms with van der Waals surface area (Å²) in [5.74, 6) is 0.604. The fourth-order valence-electron chi connectivity index (χ4n) is 2.15. The van der Waals surface area contributed by atoms with E-state index in [1.165, 1.54) is 0 Å². The highest BCUT2D eigenvalue weighted by Crippen LogP contribution is 2.15. The first-order valence-corrected chi connectivity index (χ1v) is 8.27. The van der Waals surface area contributed by atoms with Crippen LogP contribution < -0.4 is 10.1 Å². The Balaban J connectivity index is 1.81. The Hall–Kier alpha value is -2.55. The topological polar surface area (TPSA) is 65.4 Å². The number of benzene rings is 2. The maximum Gasteiger partial charge on any atom is 0.241 e. The zero-order valence-corrected chi connectivity index (χ0v) is 15.0. The molecular formula is C19H20ClN3O2. The van der Waals surface area contributed by atoms with Crippen molar-refractivity contribution in [3.8, 4) is 11.8 Å². The summed E-state index contributed by atoms with van der Waals surface area (Å²) in [5.41, 5.74) is 1.12. The molecule has 1 amide bonds. The van der Waals surface area contributed by atoms with Gasteiger partial charge in [-0.15, -0.1) is 0 Å². The van der Waals surface area contributed by atoms with Gasteiger partial charge in [0, 0.05) is 17.3 Å². The lowest BCUT2D eigenvalue weighted by Gasteiger charge is -2.23. The van der Waals surface area contributed by atoms with Gasteiger partial charge >= 0.3 is 0 Å². The molecular weight excluding hydrogens is 338 g/mol. The molecule has 0 aliphatic rings. The number of rotatable bonds is 7. The van der Waals surface area contributed by atoms with E-state index in [4.69, 9.17) is 21.6 Å². The van der Waals surface area contributed by atoms with Gasteiger partial charge < -0.3 is 10.1 Å². The minimum Gasteiger partial charge on any atom is -0.492 e. The molecule has 130 valence electrons. The number of likely N-dealkylation sites (N-methyl/N-ethyl adjacent to an activating group) is 1. The lowest BCUT2D eigenvalue weighted by atomic mass is 10.2. The van der Waals surface area contributed by atoms with Crippen molar-refractivity contribution >= 4 is 23.2 Å². The molecule has 0 aromatic heterocycles. The standard InChI is InChI=1S/C19H20ClN3O2/c1-14(19(24)22-17-5-3-4-15(12-17)13-21)23(2)10-11-25-18-8-6-16(20)7-9-18/h3-9,12,14H,10-11H2,1-2H3,(H,22,24)/t14-/m0/s1. The van der Waals surface area contributed by atoms with E-state index in [0.29, 0.717) is 29.4 Å². The summed E-state index contributed by atoms with van der Waals surface area (Å²) in [6.07, 6.45) is 0. The molecule has 25 heavy (non-hydrogen) atoms. The third kappa shape index (κ3) is 5.79. The molecule has 0 spiro atoms. The van der Waals surface area contributed by atoms with Gasteiger partial charge in [0.1, 0.15) is 12.4 Å². The highest BCUT2D eigenvalue weighted by molar-refractivity contribution is 6.30. The Morgan fingerprint density at radius 3 is 2.72 bits per heavy atom. The second-order valence-corrected chi connectivity index (χ2v) is 6.08. The van der Waals surface area contributed by atoms with Gasteiger partial charge in [-0.2, -0.15) is 5.26 Å². The van der Waals surface area contributed by atoms with Crippen LogP contribution in [-0.2, 0) is 4.79 Å². The zero-order valence-electron chi connectivity index (χ0n) is 14.2. The Morgan fingerprint density at radius 1 is 1.32 bits per heavy atom. The number of hydrogen-bond acceptors (Lipinski definition) is 4. The molecule has 0 saturated heterocycles. The van der Waals surface area contributed by atoms with Crippen LogP contribution in [0.1, 0.15) is 12.5 Å². The van der Waals surface area contributed by atoms with E-state index in [1.54, 1.807) is 48.5 Å². The summed E-state index contributed by atoms with van der Waals surface area (Å²) in [7, 11) is 1.86. The molecule has 5 nitrogen and oxygen atoms in total. The highest BCUT2D eigenvalue weighted by Gasteiger charge is 2.18. The van der Waals surface area contributed by atoms with E-state index >= 15 is 0 Å². The lowest BCUT2D eigenvalue weighted by Crippen LogP contribution is -2.41. The summed E-state index contributed by atoms with van der Waals surface area (Å²) in [5, 5.41) is 12.4. The fraction of sp³-hybridized carbons (Fsp3) is 0.263. The smallest absolute Gasteiger partial charge is 0.241 e. The van der Waals surface area contributed by atoms with Gasteiger partial charge in [0.05, 0.1) is 17.7 Å². The van der Waals surface area contributed by atoms with Gasteiger partial charge in [-0.3, -0.25) is 9.69 Å². The average molecular weight is 358 g/mol. The number of nitrogens with one attached hydrogen (secondary N) is 1. The summed E-state index contributed by atoms with van der Waals surface area (Å²) in [4.78, 5) is 14.2. The van der Waals surface area contributed by atoms with Gasteiger partial charge in [0.2, 0.25) is 5.91 Å². The molecule has 0 unspecified atom stereocenters. The number of nitrogens with zero attached hydrogens (tertiary/aromatic N) is 2. The zero-order chi connectivity index (χ0) is 18.2. The van der Waals surface area contributed by atoms with Crippen LogP contribution in [0.25, 0.3) is 0 Å². The summed E-state index contributed by atoms with van der Waals surface area (Å²) < 4.78 is 5.64. The Morgan fingerprint density at radius 2 is 2.04 bits per heavy atom. The minimum atomic E-state index is -0.334. The lowest BCUT2D eigenvalue weighted by molar-refractivity contribution is -0.120. The summed E-state index contributed by atoms with van der Waals surface area (Å²) in [6, 6.07) is 15.7. The van der Waals surface area contributed by atoms with Crippen molar-refractivity contribution in [2.75, 3.05) is 25.5 Å². The van der Waals surface area contributed by atoms with Crippen LogP contribution >= 0.6 is 11.6 Å². The molecule has 1 N–H and O–H groups in total. The number of anilines is 1. The molecule has 2 aromatic carbocycles. The van der Waals surface area contributed by atoms with Crippen LogP contribution in [0.5, 0.6) is 5.75 Å². The van der Waals surface area contributed by atoms with Crippen molar-refractivity contribution in [1.82, 2.24) is 4.90 Å². The molecule has 0 aliphatic heterocycles. The van der Waals surface area contributed by atoms with Crippen LogP contribution in [0, 0.1) is 11.3 Å².